The second-order valence-electron chi connectivity index (χ2n) is 6.07. The SMILES string of the molecule is C=CCn1nc(NS(=O)(=O)c2ccccc2)c(-c2ccc(OC)c(F)c2)c1CO. The van der Waals surface area contributed by atoms with Gasteiger partial charge in [-0.3, -0.25) is 9.40 Å². The van der Waals surface area contributed by atoms with Crippen molar-refractivity contribution in [3.8, 4) is 16.9 Å². The molecule has 2 aromatic carbocycles. The topological polar surface area (TPSA) is 93.5 Å². The first-order chi connectivity index (χ1) is 13.9. The Kier molecular flexibility index (Phi) is 6.00. The zero-order valence-corrected chi connectivity index (χ0v) is 16.5. The number of methoxy groups -OCH3 is 1. The van der Waals surface area contributed by atoms with Gasteiger partial charge in [-0.15, -0.1) is 6.58 Å². The van der Waals surface area contributed by atoms with E-state index in [1.54, 1.807) is 30.3 Å². The summed E-state index contributed by atoms with van der Waals surface area (Å²) >= 11 is 0. The lowest BCUT2D eigenvalue weighted by Gasteiger charge is -2.10. The van der Waals surface area contributed by atoms with Crippen LogP contribution in [0.15, 0.2) is 66.1 Å². The van der Waals surface area contributed by atoms with Crippen LogP contribution in [0.4, 0.5) is 10.2 Å². The molecule has 7 nitrogen and oxygen atoms in total. The molecule has 0 spiro atoms. The van der Waals surface area contributed by atoms with E-state index in [2.05, 4.69) is 16.4 Å². The summed E-state index contributed by atoms with van der Waals surface area (Å²) in [5, 5.41) is 14.2. The Morgan fingerprint density at radius 2 is 2.00 bits per heavy atom. The average molecular weight is 417 g/mol. The maximum atomic E-state index is 14.3. The highest BCUT2D eigenvalue weighted by Gasteiger charge is 2.24. The molecule has 0 atom stereocenters. The molecule has 1 aromatic heterocycles. The second-order valence-corrected chi connectivity index (χ2v) is 7.75. The number of hydrogen-bond acceptors (Lipinski definition) is 5. The number of halogens is 1. The molecule has 0 aliphatic rings. The number of allylic oxidation sites excluding steroid dienone is 1. The van der Waals surface area contributed by atoms with Gasteiger partial charge in [-0.05, 0) is 29.8 Å². The fraction of sp³-hybridized carbons (Fsp3) is 0.150. The van der Waals surface area contributed by atoms with Crippen molar-refractivity contribution in [3.63, 3.8) is 0 Å². The van der Waals surface area contributed by atoms with Crippen LogP contribution in [-0.4, -0.2) is 30.4 Å². The summed E-state index contributed by atoms with van der Waals surface area (Å²) in [5.41, 5.74) is 0.934. The number of hydrogen-bond donors (Lipinski definition) is 2. The van der Waals surface area contributed by atoms with Gasteiger partial charge in [-0.2, -0.15) is 5.10 Å². The lowest BCUT2D eigenvalue weighted by atomic mass is 10.0. The number of aliphatic hydroxyl groups excluding tert-OH is 1. The largest absolute Gasteiger partial charge is 0.494 e. The van der Waals surface area contributed by atoms with Crippen molar-refractivity contribution in [2.24, 2.45) is 0 Å². The van der Waals surface area contributed by atoms with Gasteiger partial charge in [0.15, 0.2) is 17.4 Å². The third kappa shape index (κ3) is 4.15. The van der Waals surface area contributed by atoms with Gasteiger partial charge in [-0.1, -0.05) is 30.3 Å². The number of ether oxygens (including phenoxy) is 1. The zero-order chi connectivity index (χ0) is 21.0. The van der Waals surface area contributed by atoms with E-state index in [1.807, 2.05) is 0 Å². The van der Waals surface area contributed by atoms with E-state index in [9.17, 15) is 17.9 Å². The van der Waals surface area contributed by atoms with E-state index in [0.29, 0.717) is 11.3 Å². The zero-order valence-electron chi connectivity index (χ0n) is 15.7. The summed E-state index contributed by atoms with van der Waals surface area (Å²) in [6.07, 6.45) is 1.56. The Labute approximate surface area is 168 Å². The summed E-state index contributed by atoms with van der Waals surface area (Å²) in [7, 11) is -2.60. The highest BCUT2D eigenvalue weighted by molar-refractivity contribution is 7.92. The fourth-order valence-electron chi connectivity index (χ4n) is 2.91. The van der Waals surface area contributed by atoms with E-state index < -0.39 is 22.4 Å². The lowest BCUT2D eigenvalue weighted by molar-refractivity contribution is 0.270. The van der Waals surface area contributed by atoms with Crippen LogP contribution in [-0.2, 0) is 23.2 Å². The number of anilines is 1. The minimum absolute atomic E-state index is 0.0238. The maximum absolute atomic E-state index is 14.3. The molecule has 3 rings (SSSR count). The molecular weight excluding hydrogens is 397 g/mol. The quantitative estimate of drug-likeness (QED) is 0.549. The third-order valence-electron chi connectivity index (χ3n) is 4.23. The molecular formula is C20H20FN3O4S. The van der Waals surface area contributed by atoms with Gasteiger partial charge in [0, 0.05) is 0 Å². The molecule has 3 aromatic rings. The first kappa shape index (κ1) is 20.6. The minimum atomic E-state index is -3.95. The second kappa shape index (κ2) is 8.46. The Balaban J connectivity index is 2.16. The predicted molar refractivity (Wildman–Crippen MR) is 108 cm³/mol. The van der Waals surface area contributed by atoms with E-state index in [-0.39, 0.29) is 28.6 Å². The number of aliphatic hydroxyl groups is 1. The van der Waals surface area contributed by atoms with Crippen molar-refractivity contribution in [2.45, 2.75) is 18.0 Å². The molecule has 29 heavy (non-hydrogen) atoms. The van der Waals surface area contributed by atoms with E-state index in [4.69, 9.17) is 4.74 Å². The Bertz CT molecular complexity index is 1130. The van der Waals surface area contributed by atoms with E-state index in [0.717, 1.165) is 0 Å². The van der Waals surface area contributed by atoms with Gasteiger partial charge >= 0.3 is 0 Å². The van der Waals surface area contributed by atoms with E-state index in [1.165, 1.54) is 36.1 Å². The maximum Gasteiger partial charge on any atom is 0.263 e. The van der Waals surface area contributed by atoms with Crippen molar-refractivity contribution >= 4 is 15.8 Å². The number of nitrogens with zero attached hydrogens (tertiary/aromatic N) is 2. The van der Waals surface area contributed by atoms with Gasteiger partial charge in [0.2, 0.25) is 0 Å². The molecule has 0 radical (unpaired) electrons. The number of aromatic nitrogens is 2. The molecule has 0 aliphatic carbocycles. The van der Waals surface area contributed by atoms with Crippen LogP contribution in [0.3, 0.4) is 0 Å². The van der Waals surface area contributed by atoms with Crippen molar-refractivity contribution in [2.75, 3.05) is 11.8 Å². The molecule has 0 fully saturated rings. The standard InChI is InChI=1S/C20H20FN3O4S/c1-3-11-24-17(13-25)19(14-9-10-18(28-2)16(21)12-14)20(22-24)23-29(26,27)15-7-5-4-6-8-15/h3-10,12,25H,1,11,13H2,2H3,(H,22,23). The fourth-order valence-corrected chi connectivity index (χ4v) is 3.94. The molecule has 0 saturated carbocycles. The number of nitrogens with one attached hydrogen (secondary N) is 1. The molecule has 0 amide bonds. The normalized spacial score (nSPS) is 11.3. The van der Waals surface area contributed by atoms with Gasteiger partial charge in [0.25, 0.3) is 10.0 Å². The van der Waals surface area contributed by atoms with Crippen molar-refractivity contribution in [3.05, 3.63) is 72.7 Å². The van der Waals surface area contributed by atoms with Crippen LogP contribution in [0, 0.1) is 5.82 Å². The summed E-state index contributed by atoms with van der Waals surface area (Å²) in [6, 6.07) is 12.0. The van der Waals surface area contributed by atoms with Crippen LogP contribution in [0.1, 0.15) is 5.69 Å². The lowest BCUT2D eigenvalue weighted by Crippen LogP contribution is -2.14. The Hall–Kier alpha value is -3.17. The molecule has 1 heterocycles. The molecule has 0 bridgehead atoms. The van der Waals surface area contributed by atoms with Crippen molar-refractivity contribution in [1.82, 2.24) is 9.78 Å². The summed E-state index contributed by atoms with van der Waals surface area (Å²) in [6.45, 7) is 3.44. The Morgan fingerprint density at radius 3 is 2.59 bits per heavy atom. The number of rotatable bonds is 8. The van der Waals surface area contributed by atoms with Crippen LogP contribution >= 0.6 is 0 Å². The highest BCUT2D eigenvalue weighted by Crippen LogP contribution is 2.35. The minimum Gasteiger partial charge on any atom is -0.494 e. The van der Waals surface area contributed by atoms with Gasteiger partial charge in [0.1, 0.15) is 0 Å². The van der Waals surface area contributed by atoms with Gasteiger partial charge in [0.05, 0.1) is 36.4 Å². The summed E-state index contributed by atoms with van der Waals surface area (Å²) < 4.78 is 48.6. The highest BCUT2D eigenvalue weighted by atomic mass is 32.2. The van der Waals surface area contributed by atoms with Gasteiger partial charge < -0.3 is 9.84 Å². The van der Waals surface area contributed by atoms with Crippen molar-refractivity contribution in [1.29, 1.82) is 0 Å². The van der Waals surface area contributed by atoms with Crippen LogP contribution in [0.25, 0.3) is 11.1 Å². The summed E-state index contributed by atoms with van der Waals surface area (Å²) in [5.74, 6) is -0.601. The molecule has 0 unspecified atom stereocenters. The smallest absolute Gasteiger partial charge is 0.263 e. The average Bonchev–Trinajstić information content (AvgIpc) is 3.05. The Morgan fingerprint density at radius 1 is 1.28 bits per heavy atom. The molecule has 0 saturated heterocycles. The van der Waals surface area contributed by atoms with E-state index >= 15 is 0 Å². The first-order valence-corrected chi connectivity index (χ1v) is 10.1. The van der Waals surface area contributed by atoms with Crippen LogP contribution in [0.5, 0.6) is 5.75 Å². The number of benzene rings is 2. The molecule has 152 valence electrons. The van der Waals surface area contributed by atoms with Crippen molar-refractivity contribution < 1.29 is 22.7 Å². The third-order valence-corrected chi connectivity index (χ3v) is 5.59. The molecule has 9 heteroatoms. The molecule has 2 N–H and O–H groups in total. The number of sulfonamides is 1. The summed E-state index contributed by atoms with van der Waals surface area (Å²) in [4.78, 5) is 0.0516. The van der Waals surface area contributed by atoms with Gasteiger partial charge in [-0.25, -0.2) is 12.8 Å². The van der Waals surface area contributed by atoms with Crippen LogP contribution in [0.2, 0.25) is 0 Å². The predicted octanol–water partition coefficient (Wildman–Crippen LogP) is 3.18. The first-order valence-electron chi connectivity index (χ1n) is 8.64. The monoisotopic (exact) mass is 417 g/mol. The molecule has 0 aliphatic heterocycles. The van der Waals surface area contributed by atoms with Crippen LogP contribution < -0.4 is 9.46 Å².